The minimum atomic E-state index is -4.40. The normalized spacial score (nSPS) is 12.6. The van der Waals surface area contributed by atoms with Crippen LogP contribution in [0.5, 0.6) is 5.88 Å². The van der Waals surface area contributed by atoms with Gasteiger partial charge in [0.25, 0.3) is 0 Å². The van der Waals surface area contributed by atoms with Gasteiger partial charge in [-0.15, -0.1) is 5.10 Å². The molecule has 9 heteroatoms. The number of ether oxygens (including phenoxy) is 1. The van der Waals surface area contributed by atoms with E-state index < -0.39 is 12.1 Å². The van der Waals surface area contributed by atoms with Gasteiger partial charge in [0.15, 0.2) is 0 Å². The highest BCUT2D eigenvalue weighted by Crippen LogP contribution is 2.38. The first kappa shape index (κ1) is 23.4. The molecule has 34 heavy (non-hydrogen) atoms. The number of hydrogen-bond donors (Lipinski definition) is 0. The van der Waals surface area contributed by atoms with Gasteiger partial charge in [0.05, 0.1) is 36.4 Å². The van der Waals surface area contributed by atoms with Crippen LogP contribution in [0.1, 0.15) is 34.0 Å². The number of rotatable bonds is 6. The van der Waals surface area contributed by atoms with E-state index in [2.05, 4.69) is 20.2 Å². The lowest BCUT2D eigenvalue weighted by molar-refractivity contribution is -0.150. The molecule has 176 valence electrons. The van der Waals surface area contributed by atoms with Crippen molar-refractivity contribution in [1.29, 1.82) is 0 Å². The average Bonchev–Trinajstić information content (AvgIpc) is 3.24. The summed E-state index contributed by atoms with van der Waals surface area (Å²) in [7, 11) is 1.52. The number of hydrogen-bond acceptors (Lipinski definition) is 5. The predicted molar refractivity (Wildman–Crippen MR) is 122 cm³/mol. The zero-order valence-electron chi connectivity index (χ0n) is 19.3. The quantitative estimate of drug-likeness (QED) is 0.372. The minimum absolute atomic E-state index is 0.208. The number of aromatic nitrogens is 5. The van der Waals surface area contributed by atoms with Crippen LogP contribution >= 0.6 is 0 Å². The van der Waals surface area contributed by atoms with Crippen LogP contribution in [-0.4, -0.2) is 38.0 Å². The van der Waals surface area contributed by atoms with Gasteiger partial charge in [-0.3, -0.25) is 0 Å². The van der Waals surface area contributed by atoms with Crippen molar-refractivity contribution in [1.82, 2.24) is 24.7 Å². The maximum absolute atomic E-state index is 13.9. The summed E-state index contributed by atoms with van der Waals surface area (Å²) < 4.78 is 48.8. The van der Waals surface area contributed by atoms with Gasteiger partial charge in [-0.1, -0.05) is 29.8 Å². The van der Waals surface area contributed by atoms with Crippen molar-refractivity contribution < 1.29 is 17.9 Å². The molecule has 3 aromatic heterocycles. The molecular formula is C25H24F3N5O. The molecule has 0 unspecified atom stereocenters. The summed E-state index contributed by atoms with van der Waals surface area (Å²) >= 11 is 0. The molecule has 3 heterocycles. The molecular weight excluding hydrogens is 443 g/mol. The topological polar surface area (TPSA) is 65.7 Å². The van der Waals surface area contributed by atoms with E-state index in [1.54, 1.807) is 42.1 Å². The van der Waals surface area contributed by atoms with E-state index in [-0.39, 0.29) is 12.0 Å². The number of alkyl halides is 3. The second-order valence-corrected chi connectivity index (χ2v) is 8.22. The second-order valence-electron chi connectivity index (χ2n) is 8.22. The van der Waals surface area contributed by atoms with Crippen molar-refractivity contribution in [2.45, 2.75) is 39.3 Å². The lowest BCUT2D eigenvalue weighted by atomic mass is 9.91. The van der Waals surface area contributed by atoms with Crippen LogP contribution < -0.4 is 4.74 Å². The van der Waals surface area contributed by atoms with Crippen LogP contribution in [0.3, 0.4) is 0 Å². The van der Waals surface area contributed by atoms with Gasteiger partial charge in [0.1, 0.15) is 11.4 Å². The maximum Gasteiger partial charge on any atom is 0.396 e. The van der Waals surface area contributed by atoms with Crippen molar-refractivity contribution in [3.63, 3.8) is 0 Å². The molecule has 0 radical (unpaired) electrons. The molecule has 6 nitrogen and oxygen atoms in total. The van der Waals surface area contributed by atoms with Crippen molar-refractivity contribution in [3.8, 4) is 23.0 Å². The molecule has 0 fully saturated rings. The zero-order chi connectivity index (χ0) is 24.5. The summed E-state index contributed by atoms with van der Waals surface area (Å²) in [5.41, 5.74) is 4.54. The van der Waals surface area contributed by atoms with Gasteiger partial charge in [-0.05, 0) is 50.1 Å². The summed E-state index contributed by atoms with van der Waals surface area (Å²) in [6.45, 7) is 5.45. The Kier molecular flexibility index (Phi) is 6.37. The lowest BCUT2D eigenvalue weighted by Gasteiger charge is -2.21. The number of benzene rings is 1. The van der Waals surface area contributed by atoms with Gasteiger partial charge in [-0.2, -0.15) is 18.3 Å². The number of methoxy groups -OCH3 is 1. The number of halogens is 3. The molecule has 4 aromatic rings. The number of aryl methyl sites for hydroxylation is 3. The Bertz CT molecular complexity index is 1300. The summed E-state index contributed by atoms with van der Waals surface area (Å²) in [5.74, 6) is -1.29. The Hall–Kier alpha value is -3.75. The summed E-state index contributed by atoms with van der Waals surface area (Å²) in [5, 5.41) is 8.32. The molecule has 0 saturated carbocycles. The highest BCUT2D eigenvalue weighted by atomic mass is 19.4. The summed E-state index contributed by atoms with van der Waals surface area (Å²) in [6, 6.07) is 11.7. The molecule has 0 spiro atoms. The van der Waals surface area contributed by atoms with E-state index in [9.17, 15) is 13.2 Å². The van der Waals surface area contributed by atoms with Gasteiger partial charge in [0, 0.05) is 12.6 Å². The third-order valence-corrected chi connectivity index (χ3v) is 5.65. The van der Waals surface area contributed by atoms with Crippen LogP contribution in [0.15, 0.2) is 55.0 Å². The van der Waals surface area contributed by atoms with E-state index in [1.165, 1.54) is 19.2 Å². The molecule has 0 aliphatic heterocycles. The molecule has 1 atom stereocenters. The fourth-order valence-corrected chi connectivity index (χ4v) is 3.73. The monoisotopic (exact) mass is 467 g/mol. The molecule has 0 aliphatic carbocycles. The second kappa shape index (κ2) is 9.24. The standard InChI is InChI=1S/C25H24F3N5O/c1-15-5-7-18(8-6-15)19(25(26,27)28)12-21-16(2)11-22(32-31-21)20-9-10-23(24(30-20)34-4)33-13-17(3)29-14-33/h5-11,13-14,19H,12H2,1-4H3/t19-/m1/s1. The smallest absolute Gasteiger partial charge is 0.396 e. The van der Waals surface area contributed by atoms with Crippen molar-refractivity contribution in [2.75, 3.05) is 7.11 Å². The fourth-order valence-electron chi connectivity index (χ4n) is 3.73. The molecule has 1 aromatic carbocycles. The van der Waals surface area contributed by atoms with Gasteiger partial charge in [0.2, 0.25) is 5.88 Å². The Morgan fingerprint density at radius 2 is 1.71 bits per heavy atom. The first-order valence-electron chi connectivity index (χ1n) is 10.7. The average molecular weight is 467 g/mol. The maximum atomic E-state index is 13.9. The minimum Gasteiger partial charge on any atom is -0.479 e. The fraction of sp³-hybridized carbons (Fsp3) is 0.280. The number of nitrogens with zero attached hydrogens (tertiary/aromatic N) is 5. The Morgan fingerprint density at radius 3 is 2.29 bits per heavy atom. The van der Waals surface area contributed by atoms with E-state index in [1.807, 2.05) is 26.1 Å². The Labute approximate surface area is 195 Å². The Balaban J connectivity index is 1.63. The molecule has 4 rings (SSSR count). The number of pyridine rings is 1. The Morgan fingerprint density at radius 1 is 0.971 bits per heavy atom. The highest BCUT2D eigenvalue weighted by Gasteiger charge is 2.41. The molecule has 0 saturated heterocycles. The van der Waals surface area contributed by atoms with Crippen LogP contribution in [0, 0.1) is 20.8 Å². The van der Waals surface area contributed by atoms with Crippen molar-refractivity contribution in [3.05, 3.63) is 83.1 Å². The molecule has 0 aliphatic rings. The van der Waals surface area contributed by atoms with E-state index in [4.69, 9.17) is 4.74 Å². The lowest BCUT2D eigenvalue weighted by Crippen LogP contribution is -2.24. The van der Waals surface area contributed by atoms with E-state index in [0.717, 1.165) is 11.3 Å². The van der Waals surface area contributed by atoms with Crippen LogP contribution in [0.4, 0.5) is 13.2 Å². The molecule has 0 bridgehead atoms. The largest absolute Gasteiger partial charge is 0.479 e. The van der Waals surface area contributed by atoms with Crippen molar-refractivity contribution >= 4 is 0 Å². The zero-order valence-corrected chi connectivity index (χ0v) is 19.3. The summed E-state index contributed by atoms with van der Waals surface area (Å²) in [6.07, 6.45) is -1.18. The van der Waals surface area contributed by atoms with Crippen LogP contribution in [-0.2, 0) is 6.42 Å². The highest BCUT2D eigenvalue weighted by molar-refractivity contribution is 5.59. The van der Waals surface area contributed by atoms with E-state index in [0.29, 0.717) is 34.2 Å². The van der Waals surface area contributed by atoms with Gasteiger partial charge < -0.3 is 9.30 Å². The first-order chi connectivity index (χ1) is 16.2. The molecule has 0 amide bonds. The van der Waals surface area contributed by atoms with Crippen LogP contribution in [0.25, 0.3) is 17.1 Å². The summed E-state index contributed by atoms with van der Waals surface area (Å²) in [4.78, 5) is 8.73. The SMILES string of the molecule is COc1nc(-c2cc(C)c(C[C@H](c3ccc(C)cc3)C(F)(F)F)nn2)ccc1-n1cnc(C)c1. The molecule has 0 N–H and O–H groups in total. The van der Waals surface area contributed by atoms with Crippen LogP contribution in [0.2, 0.25) is 0 Å². The predicted octanol–water partition coefficient (Wildman–Crippen LogP) is 5.55. The van der Waals surface area contributed by atoms with Crippen molar-refractivity contribution in [2.24, 2.45) is 0 Å². The number of imidazole rings is 1. The first-order valence-corrected chi connectivity index (χ1v) is 10.7. The van der Waals surface area contributed by atoms with E-state index >= 15 is 0 Å². The van der Waals surface area contributed by atoms with Gasteiger partial charge >= 0.3 is 6.18 Å². The third-order valence-electron chi connectivity index (χ3n) is 5.65. The third kappa shape index (κ3) is 4.93. The van der Waals surface area contributed by atoms with Gasteiger partial charge in [-0.25, -0.2) is 9.97 Å².